The van der Waals surface area contributed by atoms with Crippen LogP contribution in [-0.2, 0) is 19.1 Å². The zero-order chi connectivity index (χ0) is 24.4. The van der Waals surface area contributed by atoms with E-state index in [1.54, 1.807) is 19.1 Å². The number of esters is 2. The molecule has 3 rings (SSSR count). The van der Waals surface area contributed by atoms with Crippen LogP contribution in [-0.4, -0.2) is 45.2 Å². The van der Waals surface area contributed by atoms with E-state index < -0.39 is 29.7 Å². The van der Waals surface area contributed by atoms with Crippen LogP contribution in [0.3, 0.4) is 0 Å². The lowest BCUT2D eigenvalue weighted by atomic mass is 9.76. The van der Waals surface area contributed by atoms with Crippen LogP contribution in [0.25, 0.3) is 5.57 Å². The number of aryl methyl sites for hydroxylation is 2. The van der Waals surface area contributed by atoms with E-state index in [0.717, 1.165) is 23.9 Å². The number of anilines is 1. The van der Waals surface area contributed by atoms with E-state index in [1.165, 1.54) is 7.11 Å². The summed E-state index contributed by atoms with van der Waals surface area (Å²) in [5.74, 6) is -5.91. The summed E-state index contributed by atoms with van der Waals surface area (Å²) in [5.41, 5.74) is 3.05. The molecule has 0 spiro atoms. The Kier molecular flexibility index (Phi) is 6.91. The molecule has 176 valence electrons. The minimum Gasteiger partial charge on any atom is -0.465 e. The first kappa shape index (κ1) is 24.4. The van der Waals surface area contributed by atoms with Gasteiger partial charge in [0.15, 0.2) is 0 Å². The number of hydrogen-bond donors (Lipinski definition) is 0. The summed E-state index contributed by atoms with van der Waals surface area (Å²) in [7, 11) is 2.21. The van der Waals surface area contributed by atoms with Crippen LogP contribution >= 0.6 is 0 Å². The van der Waals surface area contributed by atoms with E-state index in [9.17, 15) is 18.4 Å². The summed E-state index contributed by atoms with van der Waals surface area (Å²) in [5, 5.41) is 0. The molecule has 1 fully saturated rings. The lowest BCUT2D eigenvalue weighted by Crippen LogP contribution is -2.38. The van der Waals surface area contributed by atoms with E-state index in [-0.39, 0.29) is 18.7 Å². The Bertz CT molecular complexity index is 1060. The molecule has 0 radical (unpaired) electrons. The van der Waals surface area contributed by atoms with E-state index in [1.807, 2.05) is 55.1 Å². The van der Waals surface area contributed by atoms with Crippen molar-refractivity contribution in [3.63, 3.8) is 0 Å². The van der Waals surface area contributed by atoms with Crippen LogP contribution in [0.2, 0.25) is 0 Å². The average molecular weight is 458 g/mol. The van der Waals surface area contributed by atoms with Crippen LogP contribution in [0.5, 0.6) is 0 Å². The van der Waals surface area contributed by atoms with E-state index in [4.69, 9.17) is 4.74 Å². The van der Waals surface area contributed by atoms with Crippen molar-refractivity contribution in [3.8, 4) is 0 Å². The molecule has 2 aromatic rings. The van der Waals surface area contributed by atoms with Gasteiger partial charge in [0, 0.05) is 30.6 Å². The number of nitrogens with zero attached hydrogens (tertiary/aromatic N) is 1. The van der Waals surface area contributed by atoms with Gasteiger partial charge in [0.25, 0.3) is 0 Å². The lowest BCUT2D eigenvalue weighted by Gasteiger charge is -2.30. The minimum absolute atomic E-state index is 0.199. The number of rotatable bonds is 6. The first-order chi connectivity index (χ1) is 15.5. The molecule has 0 N–H and O–H groups in total. The van der Waals surface area contributed by atoms with Gasteiger partial charge in [-0.15, -0.1) is 0 Å². The van der Waals surface area contributed by atoms with Crippen molar-refractivity contribution >= 4 is 23.2 Å². The highest BCUT2D eigenvalue weighted by Gasteiger charge is 2.52. The number of ether oxygens (including phenoxy) is 2. The molecule has 1 heterocycles. The van der Waals surface area contributed by atoms with Gasteiger partial charge in [-0.05, 0) is 37.1 Å². The standard InChI is InChI=1S/C26H29F2NO4/c1-17-6-10-19(11-7-17)22(23(30)32-4)21-14-29(20-12-8-18(2)9-13-20)16-25(21,3)15-26(27,28)24(31)33-5/h6-13H,14-16H2,1-5H3/b22-21+. The first-order valence-corrected chi connectivity index (χ1v) is 10.7. The fourth-order valence-electron chi connectivity index (χ4n) is 4.38. The monoisotopic (exact) mass is 457 g/mol. The van der Waals surface area contributed by atoms with Gasteiger partial charge in [-0.2, -0.15) is 8.78 Å². The Morgan fingerprint density at radius 1 is 0.970 bits per heavy atom. The number of alkyl halides is 2. The SMILES string of the molecule is COC(=O)/C(=C1\CN(c2ccc(C)cc2)CC1(C)CC(F)(F)C(=O)OC)c1ccc(C)cc1. The molecule has 2 aromatic carbocycles. The predicted octanol–water partition coefficient (Wildman–Crippen LogP) is 4.95. The Morgan fingerprint density at radius 3 is 2.03 bits per heavy atom. The van der Waals surface area contributed by atoms with Crippen LogP contribution < -0.4 is 4.90 Å². The van der Waals surface area contributed by atoms with Gasteiger partial charge < -0.3 is 14.4 Å². The second-order valence-electron chi connectivity index (χ2n) is 8.84. The summed E-state index contributed by atoms with van der Waals surface area (Å²) in [6.07, 6.45) is -0.795. The smallest absolute Gasteiger partial charge is 0.376 e. The molecule has 1 unspecified atom stereocenters. The second-order valence-corrected chi connectivity index (χ2v) is 8.84. The Balaban J connectivity index is 2.19. The van der Waals surface area contributed by atoms with Crippen molar-refractivity contribution in [2.24, 2.45) is 5.41 Å². The first-order valence-electron chi connectivity index (χ1n) is 10.7. The maximum atomic E-state index is 14.8. The van der Waals surface area contributed by atoms with Gasteiger partial charge in [0.2, 0.25) is 0 Å². The number of hydrogen-bond acceptors (Lipinski definition) is 5. The van der Waals surface area contributed by atoms with Crippen molar-refractivity contribution in [2.45, 2.75) is 33.1 Å². The van der Waals surface area contributed by atoms with Crippen molar-refractivity contribution < 1.29 is 27.8 Å². The number of methoxy groups -OCH3 is 2. The zero-order valence-corrected chi connectivity index (χ0v) is 19.6. The molecule has 33 heavy (non-hydrogen) atoms. The number of carbonyl (C=O) groups excluding carboxylic acids is 2. The molecular formula is C26H29F2NO4. The van der Waals surface area contributed by atoms with Crippen molar-refractivity contribution in [1.29, 1.82) is 0 Å². The lowest BCUT2D eigenvalue weighted by molar-refractivity contribution is -0.172. The van der Waals surface area contributed by atoms with E-state index >= 15 is 0 Å². The quantitative estimate of drug-likeness (QED) is 0.454. The van der Waals surface area contributed by atoms with Crippen molar-refractivity contribution in [1.82, 2.24) is 0 Å². The van der Waals surface area contributed by atoms with Gasteiger partial charge in [-0.25, -0.2) is 9.59 Å². The van der Waals surface area contributed by atoms with Crippen molar-refractivity contribution in [2.75, 3.05) is 32.2 Å². The maximum Gasteiger partial charge on any atom is 0.376 e. The van der Waals surface area contributed by atoms with Gasteiger partial charge in [-0.1, -0.05) is 54.4 Å². The molecule has 0 aliphatic carbocycles. The van der Waals surface area contributed by atoms with Crippen molar-refractivity contribution in [3.05, 3.63) is 70.8 Å². The van der Waals surface area contributed by atoms with Crippen LogP contribution in [0.4, 0.5) is 14.5 Å². The van der Waals surface area contributed by atoms with Gasteiger partial charge in [0.1, 0.15) is 0 Å². The third-order valence-electron chi connectivity index (χ3n) is 6.14. The fraction of sp³-hybridized carbons (Fsp3) is 0.385. The third kappa shape index (κ3) is 5.07. The Labute approximate surface area is 193 Å². The topological polar surface area (TPSA) is 55.8 Å². The molecule has 1 aliphatic rings. The summed E-state index contributed by atoms with van der Waals surface area (Å²) in [6, 6.07) is 15.0. The fourth-order valence-corrected chi connectivity index (χ4v) is 4.38. The largest absolute Gasteiger partial charge is 0.465 e. The molecule has 0 bridgehead atoms. The molecule has 0 saturated carbocycles. The van der Waals surface area contributed by atoms with Crippen LogP contribution in [0.1, 0.15) is 30.0 Å². The Hall–Kier alpha value is -3.22. The molecule has 0 aromatic heterocycles. The molecule has 1 saturated heterocycles. The second kappa shape index (κ2) is 9.33. The molecule has 5 nitrogen and oxygen atoms in total. The van der Waals surface area contributed by atoms with E-state index in [0.29, 0.717) is 11.1 Å². The molecule has 7 heteroatoms. The summed E-state index contributed by atoms with van der Waals surface area (Å²) in [4.78, 5) is 26.7. The highest BCUT2D eigenvalue weighted by atomic mass is 19.3. The molecular weight excluding hydrogens is 428 g/mol. The van der Waals surface area contributed by atoms with E-state index in [2.05, 4.69) is 4.74 Å². The van der Waals surface area contributed by atoms with Gasteiger partial charge in [0.05, 0.1) is 19.8 Å². The average Bonchev–Trinajstić information content (AvgIpc) is 3.10. The number of carbonyl (C=O) groups is 2. The van der Waals surface area contributed by atoms with Crippen LogP contribution in [0, 0.1) is 19.3 Å². The Morgan fingerprint density at radius 2 is 1.52 bits per heavy atom. The highest BCUT2D eigenvalue weighted by Crippen LogP contribution is 2.48. The highest BCUT2D eigenvalue weighted by molar-refractivity contribution is 6.18. The molecule has 0 amide bonds. The number of benzene rings is 2. The summed E-state index contributed by atoms with van der Waals surface area (Å²) in [6.45, 7) is 5.99. The number of halogens is 2. The third-order valence-corrected chi connectivity index (χ3v) is 6.14. The summed E-state index contributed by atoms with van der Waals surface area (Å²) >= 11 is 0. The molecule has 1 atom stereocenters. The van der Waals surface area contributed by atoms with Gasteiger partial charge in [-0.3, -0.25) is 0 Å². The van der Waals surface area contributed by atoms with Gasteiger partial charge >= 0.3 is 17.9 Å². The molecule has 1 aliphatic heterocycles. The minimum atomic E-state index is -3.72. The zero-order valence-electron chi connectivity index (χ0n) is 19.6. The maximum absolute atomic E-state index is 14.8. The predicted molar refractivity (Wildman–Crippen MR) is 123 cm³/mol. The summed E-state index contributed by atoms with van der Waals surface area (Å²) < 4.78 is 39.1. The normalized spacial score (nSPS) is 19.9. The van der Waals surface area contributed by atoms with Crippen LogP contribution in [0.15, 0.2) is 54.1 Å².